The van der Waals surface area contributed by atoms with E-state index in [1.54, 1.807) is 38.1 Å². The van der Waals surface area contributed by atoms with Gasteiger partial charge in [0.15, 0.2) is 5.78 Å². The zero-order valence-electron chi connectivity index (χ0n) is 19.8. The third-order valence-corrected chi connectivity index (χ3v) is 6.25. The summed E-state index contributed by atoms with van der Waals surface area (Å²) in [6.45, 7) is 9.58. The predicted molar refractivity (Wildman–Crippen MR) is 125 cm³/mol. The van der Waals surface area contributed by atoms with E-state index in [0.717, 1.165) is 11.1 Å². The molecule has 7 heteroatoms. The third kappa shape index (κ3) is 5.60. The number of amides is 2. The van der Waals surface area contributed by atoms with Gasteiger partial charge < -0.3 is 20.5 Å². The van der Waals surface area contributed by atoms with Gasteiger partial charge >= 0.3 is 0 Å². The second kappa shape index (κ2) is 9.35. The standard InChI is InChI=1S/C26H32N2O5/c1-16-26(5,22(30)15-33-16)28-24(32)21(14-17-6-12-20(29)13-7-17)27-23(31)18-8-10-19(11-9-18)25(2,3)4/h6-13,16,21,29H,14-15H2,1-5H3,(H,27,31)(H,28,32)/t16-,21-,26+/m0/s1. The summed E-state index contributed by atoms with van der Waals surface area (Å²) in [6.07, 6.45) is -0.291. The molecule has 1 aliphatic rings. The molecule has 3 N–H and O–H groups in total. The van der Waals surface area contributed by atoms with Gasteiger partial charge in [0.05, 0.1) is 6.10 Å². The Labute approximate surface area is 194 Å². The Hall–Kier alpha value is -3.19. The van der Waals surface area contributed by atoms with Crippen LogP contribution in [0.3, 0.4) is 0 Å². The van der Waals surface area contributed by atoms with Gasteiger partial charge in [0, 0.05) is 12.0 Å². The van der Waals surface area contributed by atoms with E-state index in [2.05, 4.69) is 31.4 Å². The molecule has 1 fully saturated rings. The first kappa shape index (κ1) is 24.5. The zero-order valence-corrected chi connectivity index (χ0v) is 19.8. The number of ketones is 1. The lowest BCUT2D eigenvalue weighted by Gasteiger charge is -2.30. The van der Waals surface area contributed by atoms with Crippen molar-refractivity contribution in [2.45, 2.75) is 64.1 Å². The molecule has 176 valence electrons. The van der Waals surface area contributed by atoms with Crippen LogP contribution in [0.4, 0.5) is 0 Å². The summed E-state index contributed by atoms with van der Waals surface area (Å²) >= 11 is 0. The molecule has 1 saturated heterocycles. The van der Waals surface area contributed by atoms with Crippen molar-refractivity contribution in [2.75, 3.05) is 6.61 Å². The van der Waals surface area contributed by atoms with Gasteiger partial charge in [-0.15, -0.1) is 0 Å². The van der Waals surface area contributed by atoms with Crippen LogP contribution in [0.5, 0.6) is 5.75 Å². The molecule has 0 spiro atoms. The highest BCUT2D eigenvalue weighted by atomic mass is 16.5. The van der Waals surface area contributed by atoms with Crippen molar-refractivity contribution in [3.8, 4) is 5.75 Å². The largest absolute Gasteiger partial charge is 0.508 e. The number of hydrogen-bond donors (Lipinski definition) is 3. The molecule has 3 atom stereocenters. The molecule has 2 aromatic rings. The number of benzene rings is 2. The lowest BCUT2D eigenvalue weighted by molar-refractivity contribution is -0.130. The Morgan fingerprint density at radius 2 is 1.73 bits per heavy atom. The fraction of sp³-hybridized carbons (Fsp3) is 0.423. The number of hydrogen-bond acceptors (Lipinski definition) is 5. The minimum absolute atomic E-state index is 0.0433. The number of phenols is 1. The molecule has 2 amide bonds. The minimum atomic E-state index is -1.16. The van der Waals surface area contributed by atoms with Crippen LogP contribution < -0.4 is 10.6 Å². The van der Waals surface area contributed by atoms with Crippen LogP contribution >= 0.6 is 0 Å². The number of ether oxygens (including phenoxy) is 1. The summed E-state index contributed by atoms with van der Waals surface area (Å²) in [5.74, 6) is -0.967. The van der Waals surface area contributed by atoms with Crippen molar-refractivity contribution < 1.29 is 24.2 Å². The Morgan fingerprint density at radius 3 is 2.24 bits per heavy atom. The molecule has 0 unspecified atom stereocenters. The van der Waals surface area contributed by atoms with Crippen LogP contribution in [-0.4, -0.2) is 47.0 Å². The monoisotopic (exact) mass is 452 g/mol. The average molecular weight is 453 g/mol. The highest BCUT2D eigenvalue weighted by Gasteiger charge is 2.47. The summed E-state index contributed by atoms with van der Waals surface area (Å²) in [4.78, 5) is 38.6. The van der Waals surface area contributed by atoms with E-state index in [1.807, 2.05) is 12.1 Å². The molecule has 0 radical (unpaired) electrons. The van der Waals surface area contributed by atoms with E-state index >= 15 is 0 Å². The van der Waals surface area contributed by atoms with Crippen LogP contribution in [0.2, 0.25) is 0 Å². The smallest absolute Gasteiger partial charge is 0.251 e. The Kier molecular flexibility index (Phi) is 6.93. The third-order valence-electron chi connectivity index (χ3n) is 6.25. The fourth-order valence-corrected chi connectivity index (χ4v) is 3.70. The fourth-order valence-electron chi connectivity index (χ4n) is 3.70. The second-order valence-electron chi connectivity index (χ2n) is 9.79. The maximum absolute atomic E-state index is 13.2. The van der Waals surface area contributed by atoms with Crippen LogP contribution in [0, 0.1) is 0 Å². The number of nitrogens with one attached hydrogen (secondary N) is 2. The predicted octanol–water partition coefficient (Wildman–Crippen LogP) is 2.89. The van der Waals surface area contributed by atoms with Crippen molar-refractivity contribution in [1.82, 2.24) is 10.6 Å². The van der Waals surface area contributed by atoms with Gasteiger partial charge in [-0.3, -0.25) is 14.4 Å². The first-order valence-corrected chi connectivity index (χ1v) is 11.1. The SMILES string of the molecule is C[C@@H]1OCC(=O)[C@]1(C)NC(=O)[C@H](Cc1ccc(O)cc1)NC(=O)c1ccc(C(C)(C)C)cc1. The van der Waals surface area contributed by atoms with Gasteiger partial charge in [-0.05, 0) is 54.7 Å². The molecule has 1 aliphatic heterocycles. The van der Waals surface area contributed by atoms with Gasteiger partial charge in [-0.25, -0.2) is 0 Å². The molecule has 33 heavy (non-hydrogen) atoms. The van der Waals surface area contributed by atoms with Crippen LogP contribution in [-0.2, 0) is 26.2 Å². The summed E-state index contributed by atoms with van der Waals surface area (Å²) in [6, 6.07) is 12.8. The molecule has 7 nitrogen and oxygen atoms in total. The molecule has 0 bridgehead atoms. The molecule has 3 rings (SSSR count). The van der Waals surface area contributed by atoms with Crippen molar-refractivity contribution in [2.24, 2.45) is 0 Å². The summed E-state index contributed by atoms with van der Waals surface area (Å²) in [7, 11) is 0. The molecule has 0 aromatic heterocycles. The van der Waals surface area contributed by atoms with E-state index in [1.165, 1.54) is 12.1 Å². The average Bonchev–Trinajstić information content (AvgIpc) is 3.01. The minimum Gasteiger partial charge on any atom is -0.508 e. The van der Waals surface area contributed by atoms with Crippen molar-refractivity contribution in [3.05, 3.63) is 65.2 Å². The van der Waals surface area contributed by atoms with Crippen LogP contribution in [0.15, 0.2) is 48.5 Å². The number of rotatable bonds is 6. The van der Waals surface area contributed by atoms with Gasteiger partial charge in [0.1, 0.15) is 23.9 Å². The second-order valence-corrected chi connectivity index (χ2v) is 9.79. The van der Waals surface area contributed by atoms with Crippen molar-refractivity contribution in [1.29, 1.82) is 0 Å². The van der Waals surface area contributed by atoms with Gasteiger partial charge in [0.25, 0.3) is 5.91 Å². The normalized spacial score (nSPS) is 21.5. The molecule has 0 aliphatic carbocycles. The lowest BCUT2D eigenvalue weighted by atomic mass is 9.86. The lowest BCUT2D eigenvalue weighted by Crippen LogP contribution is -2.60. The van der Waals surface area contributed by atoms with Crippen LogP contribution in [0.25, 0.3) is 0 Å². The quantitative estimate of drug-likeness (QED) is 0.625. The Balaban J connectivity index is 1.82. The van der Waals surface area contributed by atoms with E-state index < -0.39 is 23.6 Å². The molecule has 0 saturated carbocycles. The molecule has 1 heterocycles. The van der Waals surface area contributed by atoms with E-state index in [4.69, 9.17) is 4.74 Å². The van der Waals surface area contributed by atoms with E-state index in [9.17, 15) is 19.5 Å². The summed E-state index contributed by atoms with van der Waals surface area (Å²) < 4.78 is 5.40. The number of aromatic hydroxyl groups is 1. The summed E-state index contributed by atoms with van der Waals surface area (Å²) in [5, 5.41) is 15.2. The van der Waals surface area contributed by atoms with Gasteiger partial charge in [-0.1, -0.05) is 45.0 Å². The molecular weight excluding hydrogens is 420 g/mol. The number of carbonyl (C=O) groups is 3. The Morgan fingerprint density at radius 1 is 1.12 bits per heavy atom. The number of Topliss-reactive ketones (excluding diaryl/α,β-unsaturated/α-hetero) is 1. The van der Waals surface area contributed by atoms with Crippen LogP contribution in [0.1, 0.15) is 56.1 Å². The zero-order chi connectivity index (χ0) is 24.4. The highest BCUT2D eigenvalue weighted by molar-refractivity contribution is 6.00. The van der Waals surface area contributed by atoms with E-state index in [-0.39, 0.29) is 35.9 Å². The number of carbonyl (C=O) groups excluding carboxylic acids is 3. The first-order chi connectivity index (χ1) is 15.4. The molecule has 2 aromatic carbocycles. The Bertz CT molecular complexity index is 1020. The molecular formula is C26H32N2O5. The topological polar surface area (TPSA) is 105 Å². The number of phenolic OH excluding ortho intramolecular Hbond substituents is 1. The highest BCUT2D eigenvalue weighted by Crippen LogP contribution is 2.24. The first-order valence-electron chi connectivity index (χ1n) is 11.1. The van der Waals surface area contributed by atoms with Crippen molar-refractivity contribution >= 4 is 17.6 Å². The van der Waals surface area contributed by atoms with Gasteiger partial charge in [-0.2, -0.15) is 0 Å². The van der Waals surface area contributed by atoms with Gasteiger partial charge in [0.2, 0.25) is 5.91 Å². The summed E-state index contributed by atoms with van der Waals surface area (Å²) in [5.41, 5.74) is 1.08. The maximum Gasteiger partial charge on any atom is 0.251 e. The van der Waals surface area contributed by atoms with E-state index in [0.29, 0.717) is 5.56 Å². The maximum atomic E-state index is 13.2. The van der Waals surface area contributed by atoms with Crippen molar-refractivity contribution in [3.63, 3.8) is 0 Å².